The Bertz CT molecular complexity index is 4990. The van der Waals surface area contributed by atoms with Crippen LogP contribution in [0.1, 0.15) is 34.0 Å². The maximum atomic E-state index is 11.3. The number of hydrogen-bond acceptors (Lipinski definition) is 3. The monoisotopic (exact) mass is 1200 g/mol. The van der Waals surface area contributed by atoms with E-state index >= 15 is 0 Å². The Kier molecular flexibility index (Phi) is 19.0. The maximum absolute atomic E-state index is 11.3. The number of nitrogens with one attached hydrogen (secondary N) is 6. The molecule has 9 heteroatoms. The van der Waals surface area contributed by atoms with Crippen LogP contribution in [0.15, 0.2) is 310 Å². The van der Waals surface area contributed by atoms with E-state index in [9.17, 15) is 15.0 Å². The SMILES string of the molecule is CCc1c[nH]c2ccccc12.Cc1ccccc1-c1cc2ccccc2[nH]1.O=Cc1c(-c2ccccc2)[nH]c2ccccc12.OCc1c(-c2ccccc2)[nH]c2ccccc12.Oc1ccccc1-c1cc2ccccc2[nH]1.c1ccc(-c2cc3ccccc3[nH]2)cc1. The number of hydrogen-bond donors (Lipinski definition) is 8. The van der Waals surface area contributed by atoms with Crippen molar-refractivity contribution in [1.82, 2.24) is 29.9 Å². The number of aromatic hydroxyl groups is 1. The van der Waals surface area contributed by atoms with Gasteiger partial charge in [0.15, 0.2) is 6.29 Å². The number of rotatable bonds is 8. The summed E-state index contributed by atoms with van der Waals surface area (Å²) in [6.45, 7) is 4.37. The molecule has 0 amide bonds. The zero-order valence-corrected chi connectivity index (χ0v) is 51.2. The van der Waals surface area contributed by atoms with Gasteiger partial charge in [0.1, 0.15) is 5.75 Å². The summed E-state index contributed by atoms with van der Waals surface area (Å²) in [6, 6.07) is 102. The Morgan fingerprint density at radius 1 is 0.370 bits per heavy atom. The molecule has 0 bridgehead atoms. The van der Waals surface area contributed by atoms with Gasteiger partial charge in [0.05, 0.1) is 23.7 Å². The summed E-state index contributed by atoms with van der Waals surface area (Å²) in [5.41, 5.74) is 21.9. The molecule has 6 aromatic heterocycles. The molecule has 0 aliphatic carbocycles. The average molecular weight is 1200 g/mol. The van der Waals surface area contributed by atoms with Crippen molar-refractivity contribution in [3.05, 3.63) is 332 Å². The number of phenolic OH excluding ortho intramolecular Hbond substituents is 1. The summed E-state index contributed by atoms with van der Waals surface area (Å²) in [5, 5.41) is 26.4. The second kappa shape index (κ2) is 28.9. The van der Waals surface area contributed by atoms with Gasteiger partial charge in [-0.1, -0.05) is 244 Å². The van der Waals surface area contributed by atoms with Crippen LogP contribution in [0.5, 0.6) is 5.75 Å². The van der Waals surface area contributed by atoms with Crippen LogP contribution in [0.3, 0.4) is 0 Å². The van der Waals surface area contributed by atoms with E-state index in [1.807, 2.05) is 164 Å². The molecule has 0 unspecified atom stereocenters. The van der Waals surface area contributed by atoms with Gasteiger partial charge in [-0.05, 0) is 108 Å². The number of aromatic amines is 6. The van der Waals surface area contributed by atoms with E-state index in [4.69, 9.17) is 0 Å². The summed E-state index contributed by atoms with van der Waals surface area (Å²) in [5.74, 6) is 0.300. The summed E-state index contributed by atoms with van der Waals surface area (Å²) >= 11 is 0. The van der Waals surface area contributed by atoms with E-state index in [2.05, 4.69) is 183 Å². The number of benzene rings is 11. The molecule has 0 radical (unpaired) electrons. The minimum Gasteiger partial charge on any atom is -0.507 e. The molecule has 6 heterocycles. The second-order valence-corrected chi connectivity index (χ2v) is 22.2. The standard InChI is InChI=1S/C15H13NO.C15H11NO.C15H13N.C14H11NO.C14H11N.C10H11N/c2*17-10-13-12-8-4-5-9-14(12)16-15(13)11-6-2-1-3-7-11;1-11-6-2-4-8-13(11)15-10-12-7-3-5-9-14(12)16-15;16-14-8-4-2-6-11(14)13-9-10-5-1-3-7-12(10)15-13;1-2-6-11(7-3-1)14-10-12-8-4-5-9-13(12)15-14;1-2-8-7-11-10-6-4-3-5-9(8)10/h1-9,16-17H,10H2;1-10,16H;2-10,16H,1H3;1-9,15-16H;1-10,15H;3-7,11H,2H2,1H3. The van der Waals surface area contributed by atoms with Crippen LogP contribution in [0.25, 0.3) is 122 Å². The smallest absolute Gasteiger partial charge is 0.152 e. The minimum atomic E-state index is 0.0498. The largest absolute Gasteiger partial charge is 0.507 e. The second-order valence-electron chi connectivity index (χ2n) is 22.2. The van der Waals surface area contributed by atoms with Gasteiger partial charge in [0, 0.05) is 105 Å². The van der Waals surface area contributed by atoms with Crippen molar-refractivity contribution >= 4 is 71.7 Å². The molecule has 450 valence electrons. The number of fused-ring (bicyclic) bond motifs is 6. The lowest BCUT2D eigenvalue weighted by Gasteiger charge is -2.01. The van der Waals surface area contributed by atoms with Gasteiger partial charge in [-0.3, -0.25) is 4.79 Å². The summed E-state index contributed by atoms with van der Waals surface area (Å²) in [7, 11) is 0. The number of aromatic nitrogens is 6. The van der Waals surface area contributed by atoms with Crippen molar-refractivity contribution in [2.75, 3.05) is 0 Å². The Labute approximate surface area is 534 Å². The van der Waals surface area contributed by atoms with E-state index < -0.39 is 0 Å². The van der Waals surface area contributed by atoms with Crippen molar-refractivity contribution < 1.29 is 15.0 Å². The van der Waals surface area contributed by atoms with E-state index in [1.165, 1.54) is 66.4 Å². The number of aldehydes is 1. The van der Waals surface area contributed by atoms with E-state index in [0.717, 1.165) is 90.3 Å². The molecule has 0 saturated heterocycles. The zero-order valence-electron chi connectivity index (χ0n) is 51.2. The van der Waals surface area contributed by atoms with Crippen molar-refractivity contribution in [2.24, 2.45) is 0 Å². The highest BCUT2D eigenvalue weighted by molar-refractivity contribution is 6.04. The zero-order chi connectivity index (χ0) is 63.0. The van der Waals surface area contributed by atoms with Crippen LogP contribution in [0.2, 0.25) is 0 Å². The van der Waals surface area contributed by atoms with E-state index in [0.29, 0.717) is 5.75 Å². The highest BCUT2D eigenvalue weighted by Gasteiger charge is 2.14. The van der Waals surface area contributed by atoms with Gasteiger partial charge in [0.2, 0.25) is 0 Å². The molecule has 17 rings (SSSR count). The Balaban J connectivity index is 0.000000107. The van der Waals surface area contributed by atoms with Gasteiger partial charge in [-0.25, -0.2) is 0 Å². The quantitative estimate of drug-likeness (QED) is 0.0715. The van der Waals surface area contributed by atoms with Crippen LogP contribution >= 0.6 is 0 Å². The highest BCUT2D eigenvalue weighted by Crippen LogP contribution is 2.33. The summed E-state index contributed by atoms with van der Waals surface area (Å²) in [4.78, 5) is 31.3. The van der Waals surface area contributed by atoms with Gasteiger partial charge < -0.3 is 40.1 Å². The molecule has 92 heavy (non-hydrogen) atoms. The molecule has 11 aromatic carbocycles. The Morgan fingerprint density at radius 2 is 0.772 bits per heavy atom. The molecule has 0 atom stereocenters. The number of aliphatic hydroxyl groups is 1. The number of para-hydroxylation sites is 7. The van der Waals surface area contributed by atoms with Crippen LogP contribution in [0.4, 0.5) is 0 Å². The summed E-state index contributed by atoms with van der Waals surface area (Å²) in [6.07, 6.45) is 4.11. The molecule has 0 spiro atoms. The van der Waals surface area contributed by atoms with Gasteiger partial charge >= 0.3 is 0 Å². The van der Waals surface area contributed by atoms with Crippen LogP contribution in [0, 0.1) is 6.92 Å². The van der Waals surface area contributed by atoms with Crippen LogP contribution < -0.4 is 0 Å². The lowest BCUT2D eigenvalue weighted by molar-refractivity contribution is 0.112. The topological polar surface area (TPSA) is 152 Å². The first-order valence-electron chi connectivity index (χ1n) is 30.9. The fourth-order valence-electron chi connectivity index (χ4n) is 11.6. The predicted molar refractivity (Wildman–Crippen MR) is 384 cm³/mol. The Morgan fingerprint density at radius 3 is 1.30 bits per heavy atom. The number of aliphatic hydroxyl groups excluding tert-OH is 1. The van der Waals surface area contributed by atoms with E-state index in [-0.39, 0.29) is 6.61 Å². The maximum Gasteiger partial charge on any atom is 0.152 e. The molecule has 0 saturated carbocycles. The number of carbonyl (C=O) groups excluding carboxylic acids is 1. The lowest BCUT2D eigenvalue weighted by atomic mass is 10.1. The van der Waals surface area contributed by atoms with Crippen LogP contribution in [-0.2, 0) is 13.0 Å². The molecule has 0 aliphatic rings. The third kappa shape index (κ3) is 13.8. The van der Waals surface area contributed by atoms with Crippen LogP contribution in [-0.4, -0.2) is 46.4 Å². The molecular weight excluding hydrogens is 1130 g/mol. The first-order valence-corrected chi connectivity index (χ1v) is 30.9. The minimum absolute atomic E-state index is 0.0498. The number of H-pyrrole nitrogens is 6. The molecule has 17 aromatic rings. The van der Waals surface area contributed by atoms with E-state index in [1.54, 1.807) is 6.07 Å². The molecule has 9 nitrogen and oxygen atoms in total. The van der Waals surface area contributed by atoms with Gasteiger partial charge in [-0.15, -0.1) is 0 Å². The summed E-state index contributed by atoms with van der Waals surface area (Å²) < 4.78 is 0. The first-order chi connectivity index (χ1) is 45.3. The molecular formula is C83H70N6O3. The fourth-order valence-corrected chi connectivity index (χ4v) is 11.6. The van der Waals surface area contributed by atoms with Gasteiger partial charge in [0.25, 0.3) is 0 Å². The van der Waals surface area contributed by atoms with Crippen molar-refractivity contribution in [1.29, 1.82) is 0 Å². The number of aryl methyl sites for hydroxylation is 2. The normalized spacial score (nSPS) is 10.7. The molecule has 8 N–H and O–H groups in total. The average Bonchev–Trinajstić information content (AvgIpc) is 2.00. The Hall–Kier alpha value is -11.9. The third-order valence-corrected chi connectivity index (χ3v) is 16.3. The predicted octanol–water partition coefficient (Wildman–Crippen LogP) is 21.2. The number of carbonyl (C=O) groups is 1. The van der Waals surface area contributed by atoms with Crippen molar-refractivity contribution in [3.63, 3.8) is 0 Å². The highest BCUT2D eigenvalue weighted by atomic mass is 16.3. The first kappa shape index (κ1) is 60.4. The number of phenols is 1. The van der Waals surface area contributed by atoms with Crippen molar-refractivity contribution in [2.45, 2.75) is 26.9 Å². The fraction of sp³-hybridized carbons (Fsp3) is 0.0482. The lowest BCUT2D eigenvalue weighted by Crippen LogP contribution is -1.85. The van der Waals surface area contributed by atoms with Crippen molar-refractivity contribution in [3.8, 4) is 62.0 Å². The molecule has 0 fully saturated rings. The third-order valence-electron chi connectivity index (χ3n) is 16.3. The molecule has 0 aliphatic heterocycles. The van der Waals surface area contributed by atoms with Gasteiger partial charge in [-0.2, -0.15) is 0 Å².